The first kappa shape index (κ1) is 30.5. The van der Waals surface area contributed by atoms with Crippen LogP contribution in [0.3, 0.4) is 0 Å². The van der Waals surface area contributed by atoms with Gasteiger partial charge in [-0.15, -0.1) is 0 Å². The van der Waals surface area contributed by atoms with E-state index in [9.17, 15) is 38.1 Å². The van der Waals surface area contributed by atoms with Gasteiger partial charge >= 0.3 is 13.2 Å². The van der Waals surface area contributed by atoms with Crippen LogP contribution in [0, 0.1) is 17.1 Å². The van der Waals surface area contributed by atoms with Gasteiger partial charge in [0.25, 0.3) is 11.8 Å². The molecular weight excluding hydrogens is 516 g/mol. The van der Waals surface area contributed by atoms with Gasteiger partial charge < -0.3 is 25.0 Å². The molecule has 13 heteroatoms. The quantitative estimate of drug-likeness (QED) is 0.245. The van der Waals surface area contributed by atoms with Crippen LogP contribution in [0.4, 0.5) is 18.0 Å². The number of alkyl carbamates (subject to hydrolysis) is 1. The molecule has 0 unspecified atom stereocenters. The number of nitrogens with one attached hydrogen (secondary N) is 1. The van der Waals surface area contributed by atoms with E-state index in [-0.39, 0.29) is 31.6 Å². The normalized spacial score (nSPS) is 20.7. The number of ether oxygens (including phenoxy) is 1. The lowest BCUT2D eigenvalue weighted by Crippen LogP contribution is -2.50. The fourth-order valence-corrected chi connectivity index (χ4v) is 4.88. The van der Waals surface area contributed by atoms with Crippen LogP contribution in [0.15, 0.2) is 35.9 Å². The number of carbonyl (C=O) groups excluding carboxylic acids is 2. The molecule has 2 fully saturated rings. The Bertz CT molecular complexity index is 1090. The monoisotopic (exact) mass is 550 g/mol. The van der Waals surface area contributed by atoms with Crippen LogP contribution in [-0.2, 0) is 16.0 Å². The Balaban J connectivity index is 1.62. The number of nitrogens with zero attached hydrogens (tertiary/aromatic N) is 3. The minimum Gasteiger partial charge on any atom is -0.447 e. The lowest BCUT2D eigenvalue weighted by atomic mass is 9.76. The number of nitriles is 1. The molecule has 3 N–H and O–H groups in total. The van der Waals surface area contributed by atoms with Crippen LogP contribution in [0.2, 0.25) is 0 Å². The lowest BCUT2D eigenvalue weighted by Gasteiger charge is -2.36. The van der Waals surface area contributed by atoms with Gasteiger partial charge in [0.1, 0.15) is 24.1 Å². The van der Waals surface area contributed by atoms with Crippen molar-refractivity contribution in [2.24, 2.45) is 0 Å². The highest BCUT2D eigenvalue weighted by atomic mass is 19.3. The minimum atomic E-state index is -2.82. The fourth-order valence-electron chi connectivity index (χ4n) is 4.88. The molecule has 3 rings (SSSR count). The van der Waals surface area contributed by atoms with Crippen molar-refractivity contribution in [3.05, 3.63) is 47.3 Å². The van der Waals surface area contributed by atoms with Crippen molar-refractivity contribution in [3.8, 4) is 6.07 Å². The molecule has 0 aromatic heterocycles. The summed E-state index contributed by atoms with van der Waals surface area (Å²) < 4.78 is 45.9. The van der Waals surface area contributed by atoms with Gasteiger partial charge in [-0.05, 0) is 63.3 Å². The Morgan fingerprint density at radius 1 is 1.28 bits per heavy atom. The molecule has 0 bridgehead atoms. The molecular formula is C26H34BF3N4O5. The highest BCUT2D eigenvalue weighted by Gasteiger charge is 2.43. The number of hydrogen-bond acceptors (Lipinski definition) is 7. The molecule has 1 aromatic carbocycles. The SMILES string of the molecule is CC(C)(/C=C(\C#N)C(=O)N1CCCC[C@@H]1COC(=O)N[C@@H](Cc1ccc(F)cc1)B(O)O)N1CCC(F)(F)C1. The number of rotatable bonds is 9. The standard InChI is InChI=1S/C26H34BF3N4O5/c1-25(2,33-12-10-26(29,30)17-33)14-19(15-31)23(35)34-11-4-3-5-21(34)16-39-24(36)32-22(27(37)38)13-18-6-8-20(28)9-7-18/h6-9,14,21-22,37-38H,3-5,10-13,16-17H2,1-2H3,(H,32,36)/b19-14+/t21-,22+/m1/s1. The maximum Gasteiger partial charge on any atom is 0.475 e. The third-order valence-electron chi connectivity index (χ3n) is 7.16. The van der Waals surface area contributed by atoms with Gasteiger partial charge in [0.15, 0.2) is 0 Å². The van der Waals surface area contributed by atoms with E-state index < -0.39 is 54.9 Å². The predicted octanol–water partition coefficient (Wildman–Crippen LogP) is 2.43. The molecule has 2 atom stereocenters. The van der Waals surface area contributed by atoms with Gasteiger partial charge in [0.2, 0.25) is 0 Å². The third kappa shape index (κ3) is 8.45. The van der Waals surface area contributed by atoms with Crippen LogP contribution in [0.5, 0.6) is 0 Å². The maximum atomic E-state index is 13.8. The summed E-state index contributed by atoms with van der Waals surface area (Å²) in [5, 5.41) is 31.5. The molecule has 9 nitrogen and oxygen atoms in total. The Kier molecular flexibility index (Phi) is 10.0. The molecule has 1 aromatic rings. The van der Waals surface area contributed by atoms with E-state index in [0.717, 1.165) is 6.42 Å². The highest BCUT2D eigenvalue weighted by Crippen LogP contribution is 2.33. The van der Waals surface area contributed by atoms with Crippen molar-refractivity contribution >= 4 is 19.1 Å². The average molecular weight is 550 g/mol. The van der Waals surface area contributed by atoms with Gasteiger partial charge in [0, 0.05) is 25.0 Å². The maximum absolute atomic E-state index is 13.8. The number of hydrogen-bond donors (Lipinski definition) is 3. The van der Waals surface area contributed by atoms with Crippen molar-refractivity contribution < 1.29 is 37.5 Å². The van der Waals surface area contributed by atoms with Gasteiger partial charge in [0.05, 0.1) is 18.5 Å². The van der Waals surface area contributed by atoms with Crippen LogP contribution < -0.4 is 5.32 Å². The summed E-state index contributed by atoms with van der Waals surface area (Å²) in [4.78, 5) is 28.8. The van der Waals surface area contributed by atoms with Crippen molar-refractivity contribution in [2.75, 3.05) is 26.2 Å². The van der Waals surface area contributed by atoms with Crippen molar-refractivity contribution in [3.63, 3.8) is 0 Å². The molecule has 0 aliphatic carbocycles. The van der Waals surface area contributed by atoms with E-state index in [1.165, 1.54) is 40.1 Å². The zero-order valence-electron chi connectivity index (χ0n) is 22.1. The second kappa shape index (κ2) is 12.9. The Morgan fingerprint density at radius 3 is 2.56 bits per heavy atom. The Labute approximate surface area is 226 Å². The van der Waals surface area contributed by atoms with E-state index >= 15 is 0 Å². The first-order valence-electron chi connectivity index (χ1n) is 12.9. The number of piperidine rings is 1. The smallest absolute Gasteiger partial charge is 0.447 e. The number of carbonyl (C=O) groups is 2. The highest BCUT2D eigenvalue weighted by molar-refractivity contribution is 6.43. The summed E-state index contributed by atoms with van der Waals surface area (Å²) in [6.45, 7) is 3.18. The largest absolute Gasteiger partial charge is 0.475 e. The van der Waals surface area contributed by atoms with E-state index in [1.54, 1.807) is 13.8 Å². The number of amides is 2. The molecule has 2 aliphatic heterocycles. The average Bonchev–Trinajstić information content (AvgIpc) is 3.27. The van der Waals surface area contributed by atoms with E-state index in [4.69, 9.17) is 4.74 Å². The molecule has 2 aliphatic rings. The predicted molar refractivity (Wildman–Crippen MR) is 137 cm³/mol. The third-order valence-corrected chi connectivity index (χ3v) is 7.16. The summed E-state index contributed by atoms with van der Waals surface area (Å²) in [6.07, 6.45) is 2.18. The molecule has 2 heterocycles. The molecule has 2 saturated heterocycles. The summed E-state index contributed by atoms with van der Waals surface area (Å²) in [5.41, 5.74) is -0.558. The van der Waals surface area contributed by atoms with Crippen molar-refractivity contribution in [1.29, 1.82) is 5.26 Å². The summed E-state index contributed by atoms with van der Waals surface area (Å²) in [6, 6.07) is 6.73. The topological polar surface area (TPSA) is 126 Å². The Morgan fingerprint density at radius 2 is 1.97 bits per heavy atom. The molecule has 2 amide bonds. The first-order chi connectivity index (χ1) is 18.3. The molecule has 0 saturated carbocycles. The number of likely N-dealkylation sites (tertiary alicyclic amines) is 2. The molecule has 212 valence electrons. The van der Waals surface area contributed by atoms with Crippen molar-refractivity contribution in [1.82, 2.24) is 15.1 Å². The van der Waals surface area contributed by atoms with Gasteiger partial charge in [-0.2, -0.15) is 5.26 Å². The molecule has 39 heavy (non-hydrogen) atoms. The van der Waals surface area contributed by atoms with Crippen LogP contribution in [0.1, 0.15) is 45.1 Å². The number of benzene rings is 1. The fraction of sp³-hybridized carbons (Fsp3) is 0.577. The van der Waals surface area contributed by atoms with E-state index in [0.29, 0.717) is 24.9 Å². The second-order valence-corrected chi connectivity index (χ2v) is 10.6. The summed E-state index contributed by atoms with van der Waals surface area (Å²) in [5.74, 6) is -4.96. The zero-order valence-corrected chi connectivity index (χ0v) is 22.1. The number of halogens is 3. The van der Waals surface area contributed by atoms with E-state index in [2.05, 4.69) is 5.32 Å². The lowest BCUT2D eigenvalue weighted by molar-refractivity contribution is -0.131. The first-order valence-corrected chi connectivity index (χ1v) is 12.9. The zero-order chi connectivity index (χ0) is 28.8. The van der Waals surface area contributed by atoms with Crippen molar-refractivity contribution in [2.45, 2.75) is 69.4 Å². The van der Waals surface area contributed by atoms with Gasteiger partial charge in [-0.3, -0.25) is 9.69 Å². The molecule has 0 radical (unpaired) electrons. The van der Waals surface area contributed by atoms with Crippen LogP contribution >= 0.6 is 0 Å². The summed E-state index contributed by atoms with van der Waals surface area (Å²) >= 11 is 0. The Hall–Kier alpha value is -3.08. The number of alkyl halides is 2. The van der Waals surface area contributed by atoms with Gasteiger partial charge in [-0.25, -0.2) is 18.0 Å². The van der Waals surface area contributed by atoms with Crippen LogP contribution in [-0.4, -0.2) is 88.7 Å². The summed E-state index contributed by atoms with van der Waals surface area (Å²) in [7, 11) is -1.91. The minimum absolute atomic E-state index is 0.0101. The van der Waals surface area contributed by atoms with Crippen LogP contribution in [0.25, 0.3) is 0 Å². The van der Waals surface area contributed by atoms with E-state index in [1.807, 2.05) is 6.07 Å². The molecule has 0 spiro atoms. The second-order valence-electron chi connectivity index (χ2n) is 10.6. The van der Waals surface area contributed by atoms with Gasteiger partial charge in [-0.1, -0.05) is 12.1 Å².